The molecule has 0 bridgehead atoms. The van der Waals surface area contributed by atoms with Crippen LogP contribution in [0.5, 0.6) is 11.5 Å². The maximum Gasteiger partial charge on any atom is 0.259 e. The second-order valence-corrected chi connectivity index (χ2v) is 8.97. The highest BCUT2D eigenvalue weighted by atomic mass is 16.5. The standard InChI is InChI=1S/C26H35N3O4/c1-18-7-12-23-24(29(18)19(2)30)14-13-22(26(23)33-17-25(31)28(5)6)20-8-10-21(11-9-20)32-16-15-27(3)4/h8-11,13-14,18H,7,12,15-17H2,1-6H3. The van der Waals surface area contributed by atoms with Gasteiger partial charge in [0.25, 0.3) is 5.91 Å². The van der Waals surface area contributed by atoms with Crippen LogP contribution in [-0.2, 0) is 16.0 Å². The van der Waals surface area contributed by atoms with E-state index < -0.39 is 0 Å². The van der Waals surface area contributed by atoms with Crippen molar-refractivity contribution in [2.75, 3.05) is 52.8 Å². The normalized spacial score (nSPS) is 15.2. The van der Waals surface area contributed by atoms with Crippen molar-refractivity contribution in [2.45, 2.75) is 32.7 Å². The molecule has 0 N–H and O–H groups in total. The molecule has 178 valence electrons. The van der Waals surface area contributed by atoms with Crippen LogP contribution in [0.25, 0.3) is 11.1 Å². The third-order valence-corrected chi connectivity index (χ3v) is 5.90. The Morgan fingerprint density at radius 3 is 2.33 bits per heavy atom. The van der Waals surface area contributed by atoms with Crippen molar-refractivity contribution >= 4 is 17.5 Å². The van der Waals surface area contributed by atoms with Crippen LogP contribution in [0.1, 0.15) is 25.8 Å². The molecule has 1 unspecified atom stereocenters. The van der Waals surface area contributed by atoms with Crippen molar-refractivity contribution in [3.8, 4) is 22.6 Å². The van der Waals surface area contributed by atoms with Crippen molar-refractivity contribution in [3.05, 3.63) is 42.0 Å². The lowest BCUT2D eigenvalue weighted by Gasteiger charge is -2.36. The lowest BCUT2D eigenvalue weighted by atomic mass is 9.91. The van der Waals surface area contributed by atoms with Gasteiger partial charge >= 0.3 is 0 Å². The zero-order valence-corrected chi connectivity index (χ0v) is 20.6. The zero-order valence-electron chi connectivity index (χ0n) is 20.6. The summed E-state index contributed by atoms with van der Waals surface area (Å²) in [4.78, 5) is 30.0. The average molecular weight is 454 g/mol. The number of anilines is 1. The highest BCUT2D eigenvalue weighted by molar-refractivity contribution is 5.95. The first-order chi connectivity index (χ1) is 15.7. The summed E-state index contributed by atoms with van der Waals surface area (Å²) >= 11 is 0. The zero-order chi connectivity index (χ0) is 24.1. The van der Waals surface area contributed by atoms with Gasteiger partial charge in [0, 0.05) is 44.7 Å². The second-order valence-electron chi connectivity index (χ2n) is 8.97. The Labute approximate surface area is 196 Å². The minimum Gasteiger partial charge on any atom is -0.492 e. The van der Waals surface area contributed by atoms with E-state index in [0.717, 1.165) is 47.5 Å². The van der Waals surface area contributed by atoms with Crippen LogP contribution in [0, 0.1) is 0 Å². The Bertz CT molecular complexity index is 986. The van der Waals surface area contributed by atoms with Crippen LogP contribution in [-0.4, -0.2) is 75.6 Å². The van der Waals surface area contributed by atoms with E-state index in [2.05, 4.69) is 11.8 Å². The molecule has 0 fully saturated rings. The molecule has 7 heteroatoms. The van der Waals surface area contributed by atoms with Crippen LogP contribution in [0.15, 0.2) is 36.4 Å². The highest BCUT2D eigenvalue weighted by Crippen LogP contribution is 2.43. The van der Waals surface area contributed by atoms with Gasteiger partial charge in [-0.3, -0.25) is 9.59 Å². The molecule has 0 aromatic heterocycles. The van der Waals surface area contributed by atoms with E-state index in [9.17, 15) is 9.59 Å². The molecule has 0 spiro atoms. The number of hydrogen-bond donors (Lipinski definition) is 0. The number of hydrogen-bond acceptors (Lipinski definition) is 5. The summed E-state index contributed by atoms with van der Waals surface area (Å²) in [6.07, 6.45) is 1.62. The number of carbonyl (C=O) groups is 2. The molecule has 3 rings (SSSR count). The smallest absolute Gasteiger partial charge is 0.259 e. The molecule has 2 aromatic rings. The molecule has 0 radical (unpaired) electrons. The van der Waals surface area contributed by atoms with Crippen molar-refractivity contribution in [1.29, 1.82) is 0 Å². The van der Waals surface area contributed by atoms with E-state index in [-0.39, 0.29) is 24.5 Å². The Hall–Kier alpha value is -3.06. The topological polar surface area (TPSA) is 62.3 Å². The second kappa shape index (κ2) is 10.7. The molecular weight excluding hydrogens is 418 g/mol. The van der Waals surface area contributed by atoms with Gasteiger partial charge in [-0.15, -0.1) is 0 Å². The SMILES string of the molecule is CC(=O)N1c2ccc(-c3ccc(OCCN(C)C)cc3)c(OCC(=O)N(C)C)c2CCC1C. The summed E-state index contributed by atoms with van der Waals surface area (Å²) in [5, 5.41) is 0. The van der Waals surface area contributed by atoms with Crippen LogP contribution < -0.4 is 14.4 Å². The molecule has 1 aliphatic rings. The fraction of sp³-hybridized carbons (Fsp3) is 0.462. The maximum absolute atomic E-state index is 12.4. The van der Waals surface area contributed by atoms with Crippen LogP contribution in [0.2, 0.25) is 0 Å². The summed E-state index contributed by atoms with van der Waals surface area (Å²) in [5.41, 5.74) is 3.70. The predicted octanol–water partition coefficient (Wildman–Crippen LogP) is 3.45. The van der Waals surface area contributed by atoms with Crippen molar-refractivity contribution in [1.82, 2.24) is 9.80 Å². The van der Waals surface area contributed by atoms with E-state index >= 15 is 0 Å². The average Bonchev–Trinajstić information content (AvgIpc) is 2.76. The Balaban J connectivity index is 1.97. The van der Waals surface area contributed by atoms with Crippen molar-refractivity contribution < 1.29 is 19.1 Å². The number of likely N-dealkylation sites (N-methyl/N-ethyl adjacent to an activating group) is 2. The van der Waals surface area contributed by atoms with E-state index in [1.165, 1.54) is 4.90 Å². The van der Waals surface area contributed by atoms with Crippen LogP contribution >= 0.6 is 0 Å². The molecule has 2 aromatic carbocycles. The van der Waals surface area contributed by atoms with Crippen molar-refractivity contribution in [3.63, 3.8) is 0 Å². The first-order valence-corrected chi connectivity index (χ1v) is 11.4. The molecular formula is C26H35N3O4. The molecule has 0 saturated heterocycles. The van der Waals surface area contributed by atoms with Crippen molar-refractivity contribution in [2.24, 2.45) is 0 Å². The van der Waals surface area contributed by atoms with Gasteiger partial charge in [0.2, 0.25) is 5.91 Å². The highest BCUT2D eigenvalue weighted by Gasteiger charge is 2.30. The lowest BCUT2D eigenvalue weighted by molar-refractivity contribution is -0.130. The Morgan fingerprint density at radius 2 is 1.73 bits per heavy atom. The van der Waals surface area contributed by atoms with E-state index in [0.29, 0.717) is 12.4 Å². The minimum atomic E-state index is -0.115. The minimum absolute atomic E-state index is 0.00532. The number of ether oxygens (including phenoxy) is 2. The van der Waals surface area contributed by atoms with Gasteiger partial charge in [0.05, 0.1) is 5.69 Å². The number of rotatable bonds is 8. The van der Waals surface area contributed by atoms with E-state index in [1.807, 2.05) is 55.4 Å². The van der Waals surface area contributed by atoms with Gasteiger partial charge in [0.15, 0.2) is 6.61 Å². The number of fused-ring (bicyclic) bond motifs is 1. The summed E-state index contributed by atoms with van der Waals surface area (Å²) < 4.78 is 12.0. The van der Waals surface area contributed by atoms with E-state index in [4.69, 9.17) is 9.47 Å². The number of nitrogens with zero attached hydrogens (tertiary/aromatic N) is 3. The summed E-state index contributed by atoms with van der Waals surface area (Å²) in [6.45, 7) is 5.05. The number of amides is 2. The fourth-order valence-electron chi connectivity index (χ4n) is 4.02. The molecule has 7 nitrogen and oxygen atoms in total. The first-order valence-electron chi connectivity index (χ1n) is 11.4. The predicted molar refractivity (Wildman–Crippen MR) is 131 cm³/mol. The largest absolute Gasteiger partial charge is 0.492 e. The molecule has 2 amide bonds. The van der Waals surface area contributed by atoms with Gasteiger partial charge in [-0.2, -0.15) is 0 Å². The molecule has 1 aliphatic heterocycles. The third kappa shape index (κ3) is 5.85. The number of benzene rings is 2. The van der Waals surface area contributed by atoms with E-state index in [1.54, 1.807) is 21.0 Å². The molecule has 0 saturated carbocycles. The quantitative estimate of drug-likeness (QED) is 0.613. The lowest BCUT2D eigenvalue weighted by Crippen LogP contribution is -2.41. The number of carbonyl (C=O) groups excluding carboxylic acids is 2. The molecule has 1 heterocycles. The maximum atomic E-state index is 12.4. The summed E-state index contributed by atoms with van der Waals surface area (Å²) in [5.74, 6) is 1.36. The first kappa shape index (κ1) is 24.6. The van der Waals surface area contributed by atoms with Crippen LogP contribution in [0.4, 0.5) is 5.69 Å². The molecule has 1 atom stereocenters. The fourth-order valence-corrected chi connectivity index (χ4v) is 4.02. The third-order valence-electron chi connectivity index (χ3n) is 5.90. The van der Waals surface area contributed by atoms with Gasteiger partial charge < -0.3 is 24.2 Å². The Kier molecular flexibility index (Phi) is 7.97. The van der Waals surface area contributed by atoms with Gasteiger partial charge in [-0.05, 0) is 63.7 Å². The van der Waals surface area contributed by atoms with Crippen LogP contribution in [0.3, 0.4) is 0 Å². The molecule has 33 heavy (non-hydrogen) atoms. The summed E-state index contributed by atoms with van der Waals surface area (Å²) in [6, 6.07) is 12.0. The van der Waals surface area contributed by atoms with Gasteiger partial charge in [-0.25, -0.2) is 0 Å². The molecule has 0 aliphatic carbocycles. The summed E-state index contributed by atoms with van der Waals surface area (Å²) in [7, 11) is 7.45. The van der Waals surface area contributed by atoms with Gasteiger partial charge in [0.1, 0.15) is 18.1 Å². The monoisotopic (exact) mass is 453 g/mol. The Morgan fingerprint density at radius 1 is 1.03 bits per heavy atom. The van der Waals surface area contributed by atoms with Gasteiger partial charge in [-0.1, -0.05) is 12.1 Å².